The zero-order valence-electron chi connectivity index (χ0n) is 11.9. The monoisotopic (exact) mass is 301 g/mol. The van der Waals surface area contributed by atoms with Crippen molar-refractivity contribution in [1.82, 2.24) is 15.2 Å². The highest BCUT2D eigenvalue weighted by Crippen LogP contribution is 2.47. The molecule has 0 bridgehead atoms. The molecule has 1 unspecified atom stereocenters. The van der Waals surface area contributed by atoms with Gasteiger partial charge in [-0.2, -0.15) is 13.2 Å². The number of nitrogens with zero attached hydrogens (tertiary/aromatic N) is 2. The van der Waals surface area contributed by atoms with Gasteiger partial charge in [0.25, 0.3) is 0 Å². The van der Waals surface area contributed by atoms with Gasteiger partial charge in [-0.25, -0.2) is 0 Å². The Kier molecular flexibility index (Phi) is 4.22. The second-order valence-corrected chi connectivity index (χ2v) is 5.91. The first-order valence-electron chi connectivity index (χ1n) is 6.67. The van der Waals surface area contributed by atoms with Crippen LogP contribution in [0.5, 0.6) is 0 Å². The second-order valence-electron chi connectivity index (χ2n) is 5.91. The van der Waals surface area contributed by atoms with Crippen molar-refractivity contribution in [3.63, 3.8) is 0 Å². The van der Waals surface area contributed by atoms with Crippen LogP contribution < -0.4 is 5.32 Å². The topological polar surface area (TPSA) is 45.2 Å². The van der Waals surface area contributed by atoms with Crippen molar-refractivity contribution in [1.29, 1.82) is 0 Å². The molecule has 1 aliphatic rings. The molecule has 1 aromatic heterocycles. The van der Waals surface area contributed by atoms with Crippen LogP contribution in [0.2, 0.25) is 0 Å². The number of carbonyl (C=O) groups excluding carboxylic acids is 1. The number of aromatic nitrogens is 1. The Hall–Kier alpha value is -1.63. The SMILES string of the molecule is CC1(C)CN(C(=O)CNCC(F)(F)F)C1c1ccncc1. The molecule has 116 valence electrons. The van der Waals surface area contributed by atoms with Gasteiger partial charge in [-0.15, -0.1) is 0 Å². The summed E-state index contributed by atoms with van der Waals surface area (Å²) in [7, 11) is 0. The summed E-state index contributed by atoms with van der Waals surface area (Å²) in [4.78, 5) is 17.6. The molecule has 4 nitrogen and oxygen atoms in total. The number of amides is 1. The van der Waals surface area contributed by atoms with Crippen molar-refractivity contribution in [2.45, 2.75) is 26.1 Å². The van der Waals surface area contributed by atoms with Crippen LogP contribution >= 0.6 is 0 Å². The number of likely N-dealkylation sites (tertiary alicyclic amines) is 1. The lowest BCUT2D eigenvalue weighted by Crippen LogP contribution is -2.59. The van der Waals surface area contributed by atoms with Crippen molar-refractivity contribution in [2.75, 3.05) is 19.6 Å². The molecule has 0 radical (unpaired) electrons. The summed E-state index contributed by atoms with van der Waals surface area (Å²) in [6.45, 7) is 3.13. The number of rotatable bonds is 4. The van der Waals surface area contributed by atoms with E-state index < -0.39 is 12.7 Å². The van der Waals surface area contributed by atoms with Gasteiger partial charge in [0, 0.05) is 24.4 Å². The van der Waals surface area contributed by atoms with Gasteiger partial charge in [0.1, 0.15) is 0 Å². The summed E-state index contributed by atoms with van der Waals surface area (Å²) in [6, 6.07) is 3.53. The molecule has 7 heteroatoms. The van der Waals surface area contributed by atoms with Gasteiger partial charge in [0.15, 0.2) is 0 Å². The Balaban J connectivity index is 1.98. The lowest BCUT2D eigenvalue weighted by Gasteiger charge is -2.54. The maximum absolute atomic E-state index is 12.1. The molecule has 1 aliphatic heterocycles. The number of hydrogen-bond acceptors (Lipinski definition) is 3. The zero-order valence-corrected chi connectivity index (χ0v) is 11.9. The maximum Gasteiger partial charge on any atom is 0.401 e. The smallest absolute Gasteiger partial charge is 0.333 e. The fourth-order valence-electron chi connectivity index (χ4n) is 2.75. The fraction of sp³-hybridized carbons (Fsp3) is 0.571. The normalized spacial score (nSPS) is 21.0. The Morgan fingerprint density at radius 1 is 1.43 bits per heavy atom. The maximum atomic E-state index is 12.1. The molecule has 0 spiro atoms. The van der Waals surface area contributed by atoms with Crippen molar-refractivity contribution < 1.29 is 18.0 Å². The van der Waals surface area contributed by atoms with E-state index in [4.69, 9.17) is 0 Å². The lowest BCUT2D eigenvalue weighted by molar-refractivity contribution is -0.152. The predicted octanol–water partition coefficient (Wildman–Crippen LogP) is 2.14. The minimum atomic E-state index is -4.31. The highest BCUT2D eigenvalue weighted by Gasteiger charge is 2.48. The second kappa shape index (κ2) is 5.63. The number of halogens is 3. The van der Waals surface area contributed by atoms with Crippen LogP contribution in [0.1, 0.15) is 25.5 Å². The summed E-state index contributed by atoms with van der Waals surface area (Å²) < 4.78 is 36.2. The van der Waals surface area contributed by atoms with Crippen LogP contribution in [0, 0.1) is 5.41 Å². The third kappa shape index (κ3) is 3.72. The summed E-state index contributed by atoms with van der Waals surface area (Å²) in [5.41, 5.74) is 0.853. The van der Waals surface area contributed by atoms with E-state index in [9.17, 15) is 18.0 Å². The molecule has 0 aliphatic carbocycles. The first-order valence-corrected chi connectivity index (χ1v) is 6.67. The van der Waals surface area contributed by atoms with Crippen molar-refractivity contribution >= 4 is 5.91 Å². The van der Waals surface area contributed by atoms with Gasteiger partial charge in [-0.3, -0.25) is 9.78 Å². The fourth-order valence-corrected chi connectivity index (χ4v) is 2.75. The standard InChI is InChI=1S/C14H18F3N3O/c1-13(2)9-20(11(21)7-19-8-14(15,16)17)12(13)10-3-5-18-6-4-10/h3-6,12,19H,7-9H2,1-2H3. The summed E-state index contributed by atoms with van der Waals surface area (Å²) in [5.74, 6) is -0.319. The molecule has 1 fully saturated rings. The molecule has 1 atom stereocenters. The number of pyridine rings is 1. The van der Waals surface area contributed by atoms with Gasteiger partial charge in [0.05, 0.1) is 19.1 Å². The molecule has 21 heavy (non-hydrogen) atoms. The van der Waals surface area contributed by atoms with E-state index in [0.29, 0.717) is 6.54 Å². The van der Waals surface area contributed by atoms with Crippen molar-refractivity contribution in [3.8, 4) is 0 Å². The molecule has 1 saturated heterocycles. The number of carbonyl (C=O) groups is 1. The molecule has 1 N–H and O–H groups in total. The highest BCUT2D eigenvalue weighted by molar-refractivity contribution is 5.80. The quantitative estimate of drug-likeness (QED) is 0.927. The van der Waals surface area contributed by atoms with Gasteiger partial charge in [-0.05, 0) is 17.7 Å². The number of hydrogen-bond donors (Lipinski definition) is 1. The van der Waals surface area contributed by atoms with E-state index in [2.05, 4.69) is 10.3 Å². The van der Waals surface area contributed by atoms with E-state index in [0.717, 1.165) is 5.56 Å². The van der Waals surface area contributed by atoms with Crippen molar-refractivity contribution in [2.24, 2.45) is 5.41 Å². The Bertz CT molecular complexity index is 502. The zero-order chi connectivity index (χ0) is 15.7. The third-order valence-electron chi connectivity index (χ3n) is 3.57. The number of alkyl halides is 3. The van der Waals surface area contributed by atoms with Gasteiger partial charge >= 0.3 is 6.18 Å². The summed E-state index contributed by atoms with van der Waals surface area (Å²) in [6.07, 6.45) is -1.01. The van der Waals surface area contributed by atoms with Gasteiger partial charge in [-0.1, -0.05) is 13.8 Å². The van der Waals surface area contributed by atoms with E-state index >= 15 is 0 Å². The first-order chi connectivity index (χ1) is 9.71. The Labute approximate surface area is 121 Å². The number of nitrogens with one attached hydrogen (secondary N) is 1. The van der Waals surface area contributed by atoms with Crippen LogP contribution in [-0.4, -0.2) is 41.6 Å². The Morgan fingerprint density at radius 3 is 2.57 bits per heavy atom. The molecule has 0 aromatic carbocycles. The van der Waals surface area contributed by atoms with E-state index in [1.807, 2.05) is 26.0 Å². The average molecular weight is 301 g/mol. The van der Waals surface area contributed by atoms with E-state index in [1.165, 1.54) is 0 Å². The predicted molar refractivity (Wildman–Crippen MR) is 71.4 cm³/mol. The molecule has 1 aromatic rings. The van der Waals surface area contributed by atoms with Crippen LogP contribution in [0.15, 0.2) is 24.5 Å². The summed E-state index contributed by atoms with van der Waals surface area (Å²) >= 11 is 0. The Morgan fingerprint density at radius 2 is 2.05 bits per heavy atom. The average Bonchev–Trinajstić information content (AvgIpc) is 2.36. The molecule has 2 heterocycles. The third-order valence-corrected chi connectivity index (χ3v) is 3.57. The van der Waals surface area contributed by atoms with Gasteiger partial charge < -0.3 is 10.2 Å². The van der Waals surface area contributed by atoms with Crippen LogP contribution in [0.25, 0.3) is 0 Å². The lowest BCUT2D eigenvalue weighted by atomic mass is 9.72. The minimum Gasteiger partial charge on any atom is -0.333 e. The minimum absolute atomic E-state index is 0.0962. The first kappa shape index (κ1) is 15.8. The largest absolute Gasteiger partial charge is 0.401 e. The molecular formula is C14H18F3N3O. The molecule has 0 saturated carbocycles. The van der Waals surface area contributed by atoms with Crippen LogP contribution in [0.3, 0.4) is 0 Å². The molecular weight excluding hydrogens is 283 g/mol. The highest BCUT2D eigenvalue weighted by atomic mass is 19.4. The van der Waals surface area contributed by atoms with Crippen molar-refractivity contribution in [3.05, 3.63) is 30.1 Å². The summed E-state index contributed by atoms with van der Waals surface area (Å²) in [5, 5.41) is 2.15. The molecule has 2 rings (SSSR count). The van der Waals surface area contributed by atoms with E-state index in [-0.39, 0.29) is 23.9 Å². The molecule has 1 amide bonds. The van der Waals surface area contributed by atoms with Crippen LogP contribution in [-0.2, 0) is 4.79 Å². The van der Waals surface area contributed by atoms with Gasteiger partial charge in [0.2, 0.25) is 5.91 Å². The van der Waals surface area contributed by atoms with Crippen LogP contribution in [0.4, 0.5) is 13.2 Å². The van der Waals surface area contributed by atoms with E-state index in [1.54, 1.807) is 17.3 Å².